The Hall–Kier alpha value is -2.04. The summed E-state index contributed by atoms with van der Waals surface area (Å²) in [6, 6.07) is 13.1. The van der Waals surface area contributed by atoms with Crippen molar-refractivity contribution in [2.45, 2.75) is 20.0 Å². The van der Waals surface area contributed by atoms with E-state index in [1.165, 1.54) is 5.56 Å². The van der Waals surface area contributed by atoms with Crippen molar-refractivity contribution in [3.8, 4) is 17.2 Å². The first-order valence-corrected chi connectivity index (χ1v) is 7.81. The van der Waals surface area contributed by atoms with Gasteiger partial charge < -0.3 is 9.15 Å². The third-order valence-corrected chi connectivity index (χ3v) is 4.11. The predicted octanol–water partition coefficient (Wildman–Crippen LogP) is 5.49. The van der Waals surface area contributed by atoms with Gasteiger partial charge in [-0.05, 0) is 38.1 Å². The Balaban J connectivity index is 1.79. The molecule has 4 nitrogen and oxygen atoms in total. The van der Waals surface area contributed by atoms with Gasteiger partial charge in [-0.2, -0.15) is 0 Å². The Labute approximate surface area is 144 Å². The number of hydrogen-bond acceptors (Lipinski definition) is 4. The van der Waals surface area contributed by atoms with Gasteiger partial charge in [0.05, 0.1) is 5.02 Å². The summed E-state index contributed by atoms with van der Waals surface area (Å²) in [7, 11) is 0. The van der Waals surface area contributed by atoms with Gasteiger partial charge in [0.2, 0.25) is 5.89 Å². The van der Waals surface area contributed by atoms with Gasteiger partial charge in [0, 0.05) is 5.56 Å². The molecule has 0 radical (unpaired) electrons. The summed E-state index contributed by atoms with van der Waals surface area (Å²) in [5.41, 5.74) is 2.03. The first kappa shape index (κ1) is 15.8. The molecule has 2 aromatic carbocycles. The molecule has 0 spiro atoms. The zero-order chi connectivity index (χ0) is 16.4. The molecular formula is C17H14Cl2N2O2. The molecule has 0 aliphatic rings. The average molecular weight is 349 g/mol. The summed E-state index contributed by atoms with van der Waals surface area (Å²) >= 11 is 12.1. The molecule has 0 saturated heterocycles. The third kappa shape index (κ3) is 3.49. The second kappa shape index (κ2) is 6.60. The Bertz CT molecular complexity index is 816. The van der Waals surface area contributed by atoms with E-state index in [1.54, 1.807) is 18.2 Å². The van der Waals surface area contributed by atoms with E-state index in [4.69, 9.17) is 32.4 Å². The summed E-state index contributed by atoms with van der Waals surface area (Å²) in [4.78, 5) is 0. The molecule has 0 N–H and O–H groups in total. The number of benzene rings is 2. The molecule has 23 heavy (non-hydrogen) atoms. The highest BCUT2D eigenvalue weighted by atomic mass is 35.5. The maximum atomic E-state index is 6.12. The van der Waals surface area contributed by atoms with Crippen LogP contribution in [0.2, 0.25) is 10.0 Å². The molecule has 1 atom stereocenters. The van der Waals surface area contributed by atoms with Crippen molar-refractivity contribution in [1.29, 1.82) is 0 Å². The highest BCUT2D eigenvalue weighted by Crippen LogP contribution is 2.34. The first-order valence-electron chi connectivity index (χ1n) is 7.05. The molecule has 6 heteroatoms. The van der Waals surface area contributed by atoms with Gasteiger partial charge in [0.1, 0.15) is 10.8 Å². The lowest BCUT2D eigenvalue weighted by Gasteiger charge is -2.12. The summed E-state index contributed by atoms with van der Waals surface area (Å²) < 4.78 is 11.5. The zero-order valence-electron chi connectivity index (χ0n) is 12.6. The van der Waals surface area contributed by atoms with Crippen LogP contribution in [-0.4, -0.2) is 10.2 Å². The SMILES string of the molecule is Cc1ccc(-c2nnc([C@@H](C)Oc3cccc(Cl)c3Cl)o2)cc1. The normalized spacial score (nSPS) is 12.2. The minimum absolute atomic E-state index is 0.360. The first-order chi connectivity index (χ1) is 11.0. The number of nitrogens with zero attached hydrogens (tertiary/aromatic N) is 2. The van der Waals surface area contributed by atoms with Crippen LogP contribution in [-0.2, 0) is 0 Å². The van der Waals surface area contributed by atoms with Crippen molar-refractivity contribution in [2.24, 2.45) is 0 Å². The molecule has 3 rings (SSSR count). The van der Waals surface area contributed by atoms with E-state index in [0.717, 1.165) is 5.56 Å². The van der Waals surface area contributed by atoms with Crippen molar-refractivity contribution in [3.05, 3.63) is 64.0 Å². The Morgan fingerprint density at radius 1 is 1.04 bits per heavy atom. The molecule has 118 valence electrons. The van der Waals surface area contributed by atoms with Crippen LogP contribution in [0.4, 0.5) is 0 Å². The molecule has 1 heterocycles. The fourth-order valence-electron chi connectivity index (χ4n) is 2.03. The van der Waals surface area contributed by atoms with Crippen LogP contribution < -0.4 is 4.74 Å². The lowest BCUT2D eigenvalue weighted by Crippen LogP contribution is -2.04. The second-order valence-corrected chi connectivity index (χ2v) is 5.91. The average Bonchev–Trinajstić information content (AvgIpc) is 3.02. The quantitative estimate of drug-likeness (QED) is 0.625. The molecule has 0 saturated carbocycles. The Morgan fingerprint density at radius 3 is 2.52 bits per heavy atom. The van der Waals surface area contributed by atoms with Crippen molar-refractivity contribution in [1.82, 2.24) is 10.2 Å². The summed E-state index contributed by atoms with van der Waals surface area (Å²) in [5.74, 6) is 1.30. The van der Waals surface area contributed by atoms with Crippen LogP contribution >= 0.6 is 23.2 Å². The van der Waals surface area contributed by atoms with Crippen LogP contribution in [0.25, 0.3) is 11.5 Å². The van der Waals surface area contributed by atoms with Gasteiger partial charge in [-0.25, -0.2) is 0 Å². The fourth-order valence-corrected chi connectivity index (χ4v) is 2.36. The van der Waals surface area contributed by atoms with E-state index in [9.17, 15) is 0 Å². The van der Waals surface area contributed by atoms with E-state index in [2.05, 4.69) is 10.2 Å². The van der Waals surface area contributed by atoms with Crippen molar-refractivity contribution < 1.29 is 9.15 Å². The van der Waals surface area contributed by atoms with Gasteiger partial charge in [-0.15, -0.1) is 10.2 Å². The smallest absolute Gasteiger partial charge is 0.257 e. The largest absolute Gasteiger partial charge is 0.479 e. The highest BCUT2D eigenvalue weighted by Gasteiger charge is 2.18. The topological polar surface area (TPSA) is 48.2 Å². The third-order valence-electron chi connectivity index (χ3n) is 3.31. The van der Waals surface area contributed by atoms with E-state index < -0.39 is 6.10 Å². The van der Waals surface area contributed by atoms with E-state index in [1.807, 2.05) is 38.1 Å². The summed E-state index contributed by atoms with van der Waals surface area (Å²) in [6.07, 6.45) is -0.447. The van der Waals surface area contributed by atoms with Gasteiger partial charge in [0.15, 0.2) is 6.10 Å². The van der Waals surface area contributed by atoms with Crippen LogP contribution in [0.1, 0.15) is 24.5 Å². The fraction of sp³-hybridized carbons (Fsp3) is 0.176. The number of aromatic nitrogens is 2. The number of halogens is 2. The minimum atomic E-state index is -0.447. The van der Waals surface area contributed by atoms with Crippen molar-refractivity contribution in [3.63, 3.8) is 0 Å². The number of aryl methyl sites for hydroxylation is 1. The predicted molar refractivity (Wildman–Crippen MR) is 90.0 cm³/mol. The maximum absolute atomic E-state index is 6.12. The van der Waals surface area contributed by atoms with E-state index >= 15 is 0 Å². The minimum Gasteiger partial charge on any atom is -0.479 e. The number of ether oxygens (including phenoxy) is 1. The molecule has 0 fully saturated rings. The Kier molecular flexibility index (Phi) is 4.55. The number of hydrogen-bond donors (Lipinski definition) is 0. The van der Waals surface area contributed by atoms with E-state index in [-0.39, 0.29) is 0 Å². The van der Waals surface area contributed by atoms with Gasteiger partial charge in [-0.1, -0.05) is 47.0 Å². The lowest BCUT2D eigenvalue weighted by atomic mass is 10.1. The molecule has 0 unspecified atom stereocenters. The van der Waals surface area contributed by atoms with Crippen molar-refractivity contribution >= 4 is 23.2 Å². The van der Waals surface area contributed by atoms with Crippen LogP contribution in [0.15, 0.2) is 46.9 Å². The molecule has 0 bridgehead atoms. The van der Waals surface area contributed by atoms with Crippen molar-refractivity contribution in [2.75, 3.05) is 0 Å². The maximum Gasteiger partial charge on any atom is 0.257 e. The van der Waals surface area contributed by atoms with Gasteiger partial charge in [0.25, 0.3) is 5.89 Å². The van der Waals surface area contributed by atoms with Crippen LogP contribution in [0.3, 0.4) is 0 Å². The second-order valence-electron chi connectivity index (χ2n) is 5.12. The summed E-state index contributed by atoms with van der Waals surface area (Å²) in [5, 5.41) is 8.90. The van der Waals surface area contributed by atoms with E-state index in [0.29, 0.717) is 27.6 Å². The van der Waals surface area contributed by atoms with Crippen LogP contribution in [0.5, 0.6) is 5.75 Å². The lowest BCUT2D eigenvalue weighted by molar-refractivity contribution is 0.190. The monoisotopic (exact) mass is 348 g/mol. The Morgan fingerprint density at radius 2 is 1.78 bits per heavy atom. The summed E-state index contributed by atoms with van der Waals surface area (Å²) in [6.45, 7) is 3.83. The number of rotatable bonds is 4. The molecular weight excluding hydrogens is 335 g/mol. The molecule has 0 aliphatic heterocycles. The van der Waals surface area contributed by atoms with Gasteiger partial charge in [-0.3, -0.25) is 0 Å². The molecule has 0 aliphatic carbocycles. The molecule has 1 aromatic heterocycles. The van der Waals surface area contributed by atoms with Gasteiger partial charge >= 0.3 is 0 Å². The van der Waals surface area contributed by atoms with Crippen LogP contribution in [0, 0.1) is 6.92 Å². The highest BCUT2D eigenvalue weighted by molar-refractivity contribution is 6.42. The zero-order valence-corrected chi connectivity index (χ0v) is 14.1. The standard InChI is InChI=1S/C17H14Cl2N2O2/c1-10-6-8-12(9-7-10)17-21-20-16(23-17)11(2)22-14-5-3-4-13(18)15(14)19/h3-9,11H,1-2H3/t11-/m1/s1. The molecule has 3 aromatic rings. The molecule has 0 amide bonds.